The van der Waals surface area contributed by atoms with E-state index >= 15 is 0 Å². The highest BCUT2D eigenvalue weighted by Crippen LogP contribution is 2.32. The van der Waals surface area contributed by atoms with E-state index in [1.165, 1.54) is 3.97 Å². The zero-order valence-corrected chi connectivity index (χ0v) is 16.1. The number of hydrogen-bond donors (Lipinski definition) is 1. The van der Waals surface area contributed by atoms with E-state index in [0.717, 1.165) is 22.1 Å². The quantitative estimate of drug-likeness (QED) is 0.517. The SMILES string of the molecule is Cc1ccc(S(=O)(=O)n2ccc3c(-c4ccc(OCO)cc4)cccc32)cc1. The molecule has 1 aromatic heterocycles. The molecule has 0 aliphatic heterocycles. The normalized spacial score (nSPS) is 11.6. The van der Waals surface area contributed by atoms with Crippen molar-refractivity contribution in [1.29, 1.82) is 0 Å². The molecule has 1 heterocycles. The lowest BCUT2D eigenvalue weighted by Crippen LogP contribution is -2.11. The number of ether oxygens (including phenoxy) is 1. The van der Waals surface area contributed by atoms with Crippen LogP contribution < -0.4 is 4.74 Å². The van der Waals surface area contributed by atoms with Gasteiger partial charge in [-0.05, 0) is 54.4 Å². The predicted octanol–water partition coefficient (Wildman–Crippen LogP) is 4.18. The Bertz CT molecular complexity index is 1220. The molecule has 3 aromatic carbocycles. The molecule has 0 aliphatic rings. The van der Waals surface area contributed by atoms with E-state index < -0.39 is 10.0 Å². The number of aliphatic hydroxyl groups is 1. The van der Waals surface area contributed by atoms with Gasteiger partial charge in [0, 0.05) is 11.6 Å². The summed E-state index contributed by atoms with van der Waals surface area (Å²) in [6.07, 6.45) is 1.59. The Kier molecular flexibility index (Phi) is 4.66. The Morgan fingerprint density at radius 1 is 0.929 bits per heavy atom. The Morgan fingerprint density at radius 2 is 1.64 bits per heavy atom. The van der Waals surface area contributed by atoms with Gasteiger partial charge >= 0.3 is 0 Å². The van der Waals surface area contributed by atoms with Crippen LogP contribution in [-0.2, 0) is 10.0 Å². The van der Waals surface area contributed by atoms with Gasteiger partial charge in [-0.3, -0.25) is 0 Å². The van der Waals surface area contributed by atoms with Crippen molar-refractivity contribution >= 4 is 20.9 Å². The molecule has 0 amide bonds. The lowest BCUT2D eigenvalue weighted by atomic mass is 10.0. The number of aryl methyl sites for hydroxylation is 1. The average Bonchev–Trinajstić information content (AvgIpc) is 3.14. The van der Waals surface area contributed by atoms with Crippen LogP contribution in [0.1, 0.15) is 5.56 Å². The van der Waals surface area contributed by atoms with Crippen LogP contribution >= 0.6 is 0 Å². The van der Waals surface area contributed by atoms with E-state index in [9.17, 15) is 8.42 Å². The molecular formula is C22H19NO4S. The maximum atomic E-state index is 13.1. The van der Waals surface area contributed by atoms with Crippen LogP contribution in [0.2, 0.25) is 0 Å². The first-order valence-corrected chi connectivity index (χ1v) is 10.2. The fourth-order valence-corrected chi connectivity index (χ4v) is 4.58. The van der Waals surface area contributed by atoms with E-state index in [1.807, 2.05) is 37.3 Å². The van der Waals surface area contributed by atoms with Gasteiger partial charge in [-0.25, -0.2) is 12.4 Å². The number of aromatic nitrogens is 1. The molecule has 0 saturated heterocycles. The van der Waals surface area contributed by atoms with Gasteiger partial charge in [0.15, 0.2) is 6.79 Å². The molecule has 0 fully saturated rings. The molecule has 6 heteroatoms. The average molecular weight is 393 g/mol. The van der Waals surface area contributed by atoms with Crippen LogP contribution in [0.15, 0.2) is 83.9 Å². The summed E-state index contributed by atoms with van der Waals surface area (Å²) in [4.78, 5) is 0.256. The molecule has 5 nitrogen and oxygen atoms in total. The maximum Gasteiger partial charge on any atom is 0.268 e. The predicted molar refractivity (Wildman–Crippen MR) is 109 cm³/mol. The van der Waals surface area contributed by atoms with Crippen LogP contribution in [-0.4, -0.2) is 24.3 Å². The second kappa shape index (κ2) is 7.14. The smallest absolute Gasteiger partial charge is 0.268 e. The van der Waals surface area contributed by atoms with Gasteiger partial charge in [0.25, 0.3) is 10.0 Å². The molecule has 0 saturated carbocycles. The molecule has 4 rings (SSSR count). The highest BCUT2D eigenvalue weighted by Gasteiger charge is 2.19. The highest BCUT2D eigenvalue weighted by molar-refractivity contribution is 7.90. The van der Waals surface area contributed by atoms with Crippen molar-refractivity contribution in [3.05, 3.63) is 84.6 Å². The van der Waals surface area contributed by atoms with E-state index in [0.29, 0.717) is 11.3 Å². The Labute approximate surface area is 163 Å². The molecule has 0 spiro atoms. The van der Waals surface area contributed by atoms with Crippen molar-refractivity contribution in [1.82, 2.24) is 3.97 Å². The molecule has 0 aliphatic carbocycles. The fraction of sp³-hybridized carbons (Fsp3) is 0.0909. The Balaban J connectivity index is 1.81. The van der Waals surface area contributed by atoms with Crippen molar-refractivity contribution < 1.29 is 18.3 Å². The summed E-state index contributed by atoms with van der Waals surface area (Å²) in [5.74, 6) is 0.568. The number of aliphatic hydroxyl groups excluding tert-OH is 1. The first kappa shape index (κ1) is 18.3. The maximum absolute atomic E-state index is 13.1. The lowest BCUT2D eigenvalue weighted by Gasteiger charge is -2.10. The van der Waals surface area contributed by atoms with Gasteiger partial charge in [0.2, 0.25) is 0 Å². The zero-order chi connectivity index (χ0) is 19.7. The first-order valence-electron chi connectivity index (χ1n) is 8.77. The van der Waals surface area contributed by atoms with Gasteiger partial charge < -0.3 is 9.84 Å². The molecule has 4 aromatic rings. The molecule has 1 N–H and O–H groups in total. The third-order valence-electron chi connectivity index (χ3n) is 4.67. The second-order valence-corrected chi connectivity index (χ2v) is 8.28. The van der Waals surface area contributed by atoms with Gasteiger partial charge in [0.1, 0.15) is 5.75 Å². The Morgan fingerprint density at radius 3 is 2.32 bits per heavy atom. The minimum atomic E-state index is -3.68. The van der Waals surface area contributed by atoms with Crippen molar-refractivity contribution in [2.45, 2.75) is 11.8 Å². The largest absolute Gasteiger partial charge is 0.468 e. The van der Waals surface area contributed by atoms with Gasteiger partial charge in [-0.2, -0.15) is 0 Å². The summed E-state index contributed by atoms with van der Waals surface area (Å²) in [6, 6.07) is 21.5. The summed E-state index contributed by atoms with van der Waals surface area (Å²) >= 11 is 0. The summed E-state index contributed by atoms with van der Waals surface area (Å²) < 4.78 is 32.6. The minimum absolute atomic E-state index is 0.256. The zero-order valence-electron chi connectivity index (χ0n) is 15.2. The van der Waals surface area contributed by atoms with Crippen LogP contribution in [0.4, 0.5) is 0 Å². The number of fused-ring (bicyclic) bond motifs is 1. The van der Waals surface area contributed by atoms with Crippen molar-refractivity contribution in [3.8, 4) is 16.9 Å². The number of nitrogens with zero attached hydrogens (tertiary/aromatic N) is 1. The fourth-order valence-electron chi connectivity index (χ4n) is 3.23. The summed E-state index contributed by atoms with van der Waals surface area (Å²) in [5.41, 5.74) is 3.48. The van der Waals surface area contributed by atoms with Crippen LogP contribution in [0.25, 0.3) is 22.0 Å². The van der Waals surface area contributed by atoms with E-state index in [-0.39, 0.29) is 11.7 Å². The van der Waals surface area contributed by atoms with Crippen molar-refractivity contribution in [2.75, 3.05) is 6.79 Å². The molecule has 142 valence electrons. The third-order valence-corrected chi connectivity index (χ3v) is 6.38. The van der Waals surface area contributed by atoms with E-state index in [2.05, 4.69) is 0 Å². The molecule has 0 bridgehead atoms. The standard InChI is InChI=1S/C22H19NO4S/c1-16-5-11-19(12-6-16)28(25,26)23-14-13-21-20(3-2-4-22(21)23)17-7-9-18(10-8-17)27-15-24/h2-14,24H,15H2,1H3. The second-order valence-electron chi connectivity index (χ2n) is 6.47. The van der Waals surface area contributed by atoms with E-state index in [1.54, 1.807) is 48.7 Å². The lowest BCUT2D eigenvalue weighted by molar-refractivity contribution is 0.0985. The number of hydrogen-bond acceptors (Lipinski definition) is 4. The number of rotatable bonds is 5. The summed E-state index contributed by atoms with van der Waals surface area (Å²) in [5, 5.41) is 9.70. The van der Waals surface area contributed by atoms with Crippen molar-refractivity contribution in [3.63, 3.8) is 0 Å². The first-order chi connectivity index (χ1) is 13.5. The monoisotopic (exact) mass is 393 g/mol. The minimum Gasteiger partial charge on any atom is -0.468 e. The highest BCUT2D eigenvalue weighted by atomic mass is 32.2. The van der Waals surface area contributed by atoms with Crippen LogP contribution in [0.3, 0.4) is 0 Å². The third kappa shape index (κ3) is 3.17. The summed E-state index contributed by atoms with van der Waals surface area (Å²) in [6.45, 7) is 1.54. The van der Waals surface area contributed by atoms with Crippen LogP contribution in [0, 0.1) is 6.92 Å². The molecule has 0 atom stereocenters. The molecular weight excluding hydrogens is 374 g/mol. The summed E-state index contributed by atoms with van der Waals surface area (Å²) in [7, 11) is -3.68. The van der Waals surface area contributed by atoms with Gasteiger partial charge in [-0.1, -0.05) is 42.0 Å². The van der Waals surface area contributed by atoms with Crippen molar-refractivity contribution in [2.24, 2.45) is 0 Å². The number of benzene rings is 3. The van der Waals surface area contributed by atoms with E-state index in [4.69, 9.17) is 9.84 Å². The molecule has 0 radical (unpaired) electrons. The Hall–Kier alpha value is -3.09. The molecule has 28 heavy (non-hydrogen) atoms. The molecule has 0 unspecified atom stereocenters. The topological polar surface area (TPSA) is 68.5 Å². The van der Waals surface area contributed by atoms with Gasteiger partial charge in [-0.15, -0.1) is 0 Å². The van der Waals surface area contributed by atoms with Gasteiger partial charge in [0.05, 0.1) is 10.4 Å². The van der Waals surface area contributed by atoms with Crippen LogP contribution in [0.5, 0.6) is 5.75 Å².